The summed E-state index contributed by atoms with van der Waals surface area (Å²) in [6.45, 7) is 12.4. The van der Waals surface area contributed by atoms with Gasteiger partial charge in [0.05, 0.1) is 13.3 Å². The monoisotopic (exact) mass is 171 g/mol. The van der Waals surface area contributed by atoms with Gasteiger partial charge in [-0.15, -0.1) is 0 Å². The van der Waals surface area contributed by atoms with Gasteiger partial charge in [0, 0.05) is 19.6 Å². The molecule has 1 fully saturated rings. The lowest BCUT2D eigenvalue weighted by Crippen LogP contribution is -2.35. The number of hydrogen-bond donors (Lipinski definition) is 0. The highest BCUT2D eigenvalue weighted by Crippen LogP contribution is 2.10. The topological polar surface area (TPSA) is 9.72 Å². The Balaban J connectivity index is 2.36. The molecule has 0 bridgehead atoms. The molecule has 0 unspecified atom stereocenters. The fourth-order valence-electron chi connectivity index (χ4n) is 1.74. The molecule has 0 aliphatic carbocycles. The van der Waals surface area contributed by atoms with E-state index in [1.54, 1.807) is 0 Å². The molecular weight excluding hydrogens is 150 g/mol. The molecule has 3 heteroatoms. The fourth-order valence-corrected chi connectivity index (χ4v) is 1.74. The number of rotatable bonds is 4. The maximum absolute atomic E-state index is 2.49. The van der Waals surface area contributed by atoms with Crippen LogP contribution in [-0.4, -0.2) is 47.9 Å². The first-order valence-electron chi connectivity index (χ1n) is 5.03. The van der Waals surface area contributed by atoms with Crippen LogP contribution in [0.4, 0.5) is 0 Å². The first-order valence-corrected chi connectivity index (χ1v) is 5.03. The van der Waals surface area contributed by atoms with E-state index >= 15 is 0 Å². The van der Waals surface area contributed by atoms with Gasteiger partial charge in [-0.3, -0.25) is 4.90 Å². The van der Waals surface area contributed by atoms with Crippen molar-refractivity contribution in [3.63, 3.8) is 0 Å². The van der Waals surface area contributed by atoms with Crippen molar-refractivity contribution in [1.82, 2.24) is 14.9 Å². The Bertz CT molecular complexity index is 115. The van der Waals surface area contributed by atoms with Gasteiger partial charge in [0.1, 0.15) is 0 Å². The maximum Gasteiger partial charge on any atom is 0.0659 e. The van der Waals surface area contributed by atoms with Crippen LogP contribution in [0.2, 0.25) is 0 Å². The molecule has 1 saturated heterocycles. The lowest BCUT2D eigenvalue weighted by molar-refractivity contribution is 0.0388. The van der Waals surface area contributed by atoms with Crippen molar-refractivity contribution in [2.45, 2.75) is 27.2 Å². The van der Waals surface area contributed by atoms with E-state index in [0.29, 0.717) is 0 Å². The Hall–Kier alpha value is -0.120. The van der Waals surface area contributed by atoms with E-state index in [1.165, 1.54) is 13.0 Å². The Morgan fingerprint density at radius 3 is 1.75 bits per heavy atom. The highest BCUT2D eigenvalue weighted by molar-refractivity contribution is 4.65. The second kappa shape index (κ2) is 4.80. The second-order valence-corrected chi connectivity index (χ2v) is 3.32. The molecule has 1 aliphatic rings. The number of nitrogens with zero attached hydrogens (tertiary/aromatic N) is 3. The van der Waals surface area contributed by atoms with Crippen LogP contribution in [0.15, 0.2) is 0 Å². The molecule has 3 nitrogen and oxygen atoms in total. The zero-order valence-corrected chi connectivity index (χ0v) is 8.58. The van der Waals surface area contributed by atoms with Crippen molar-refractivity contribution < 1.29 is 0 Å². The van der Waals surface area contributed by atoms with E-state index in [1.807, 2.05) is 0 Å². The van der Waals surface area contributed by atoms with Crippen molar-refractivity contribution in [3.05, 3.63) is 0 Å². The maximum atomic E-state index is 2.49. The Labute approximate surface area is 75.9 Å². The summed E-state index contributed by atoms with van der Waals surface area (Å²) in [5.41, 5.74) is 0. The molecule has 0 saturated carbocycles. The van der Waals surface area contributed by atoms with Crippen LogP contribution in [0.5, 0.6) is 0 Å². The molecule has 72 valence electrons. The fraction of sp³-hybridized carbons (Fsp3) is 1.00. The zero-order chi connectivity index (χ0) is 8.97. The minimum Gasteiger partial charge on any atom is -0.275 e. The molecule has 1 rings (SSSR count). The Kier molecular flexibility index (Phi) is 3.98. The zero-order valence-electron chi connectivity index (χ0n) is 8.58. The second-order valence-electron chi connectivity index (χ2n) is 3.32. The molecular formula is C9H21N3. The highest BCUT2D eigenvalue weighted by atomic mass is 15.7. The third-order valence-electron chi connectivity index (χ3n) is 2.40. The van der Waals surface area contributed by atoms with Gasteiger partial charge >= 0.3 is 0 Å². The van der Waals surface area contributed by atoms with Crippen LogP contribution in [-0.2, 0) is 0 Å². The third kappa shape index (κ3) is 2.19. The quantitative estimate of drug-likeness (QED) is 0.629. The molecule has 0 spiro atoms. The molecule has 0 atom stereocenters. The Morgan fingerprint density at radius 1 is 0.917 bits per heavy atom. The predicted octanol–water partition coefficient (Wildman–Crippen LogP) is 1.19. The number of hydrogen-bond acceptors (Lipinski definition) is 3. The van der Waals surface area contributed by atoms with Crippen molar-refractivity contribution in [1.29, 1.82) is 0 Å². The van der Waals surface area contributed by atoms with Gasteiger partial charge in [-0.05, 0) is 6.42 Å². The van der Waals surface area contributed by atoms with E-state index in [0.717, 1.165) is 26.4 Å². The van der Waals surface area contributed by atoms with Gasteiger partial charge in [-0.25, -0.2) is 10.0 Å². The van der Waals surface area contributed by atoms with Gasteiger partial charge in [-0.2, -0.15) is 0 Å². The van der Waals surface area contributed by atoms with E-state index in [9.17, 15) is 0 Å². The lowest BCUT2D eigenvalue weighted by Gasteiger charge is -2.22. The molecule has 0 radical (unpaired) electrons. The molecule has 12 heavy (non-hydrogen) atoms. The van der Waals surface area contributed by atoms with Crippen molar-refractivity contribution in [3.8, 4) is 0 Å². The summed E-state index contributed by atoms with van der Waals surface area (Å²) in [7, 11) is 0. The first kappa shape index (κ1) is 9.96. The normalized spacial score (nSPS) is 22.2. The van der Waals surface area contributed by atoms with Crippen LogP contribution < -0.4 is 0 Å². The minimum atomic E-state index is 1.12. The highest BCUT2D eigenvalue weighted by Gasteiger charge is 2.24. The molecule has 0 N–H and O–H groups in total. The van der Waals surface area contributed by atoms with Gasteiger partial charge in [0.2, 0.25) is 0 Å². The molecule has 1 heterocycles. The predicted molar refractivity (Wildman–Crippen MR) is 51.5 cm³/mol. The van der Waals surface area contributed by atoms with Crippen LogP contribution in [0.25, 0.3) is 0 Å². The van der Waals surface area contributed by atoms with Crippen molar-refractivity contribution in [2.24, 2.45) is 0 Å². The van der Waals surface area contributed by atoms with Gasteiger partial charge in [0.25, 0.3) is 0 Å². The summed E-state index contributed by atoms with van der Waals surface area (Å²) >= 11 is 0. The van der Waals surface area contributed by atoms with Crippen LogP contribution in [0, 0.1) is 0 Å². The van der Waals surface area contributed by atoms with E-state index in [-0.39, 0.29) is 0 Å². The van der Waals surface area contributed by atoms with E-state index in [2.05, 4.69) is 35.7 Å². The van der Waals surface area contributed by atoms with Crippen LogP contribution >= 0.6 is 0 Å². The lowest BCUT2D eigenvalue weighted by atomic mass is 10.4. The van der Waals surface area contributed by atoms with Gasteiger partial charge in [0.15, 0.2) is 0 Å². The summed E-state index contributed by atoms with van der Waals surface area (Å²) in [4.78, 5) is 2.49. The van der Waals surface area contributed by atoms with E-state index < -0.39 is 0 Å². The number of hydrazine groups is 1. The van der Waals surface area contributed by atoms with Crippen LogP contribution in [0.3, 0.4) is 0 Å². The summed E-state index contributed by atoms with van der Waals surface area (Å²) < 4.78 is 0. The average molecular weight is 171 g/mol. The summed E-state index contributed by atoms with van der Waals surface area (Å²) in [6, 6.07) is 0. The third-order valence-corrected chi connectivity index (χ3v) is 2.40. The largest absolute Gasteiger partial charge is 0.275 e. The molecule has 0 aromatic rings. The SMILES string of the molecule is CCCN1CN(CC)N(CC)C1. The summed E-state index contributed by atoms with van der Waals surface area (Å²) in [5, 5.41) is 4.82. The smallest absolute Gasteiger partial charge is 0.0659 e. The standard InChI is InChI=1S/C9H21N3/c1-4-7-10-8-11(5-2)12(6-3)9-10/h4-9H2,1-3H3. The van der Waals surface area contributed by atoms with Crippen molar-refractivity contribution in [2.75, 3.05) is 33.0 Å². The minimum absolute atomic E-state index is 1.12. The van der Waals surface area contributed by atoms with Gasteiger partial charge in [-0.1, -0.05) is 20.8 Å². The van der Waals surface area contributed by atoms with E-state index in [4.69, 9.17) is 0 Å². The molecule has 0 aromatic carbocycles. The summed E-state index contributed by atoms with van der Waals surface area (Å²) in [6.07, 6.45) is 1.26. The average Bonchev–Trinajstić information content (AvgIpc) is 2.48. The molecule has 0 aromatic heterocycles. The van der Waals surface area contributed by atoms with Crippen molar-refractivity contribution >= 4 is 0 Å². The van der Waals surface area contributed by atoms with Crippen LogP contribution in [0.1, 0.15) is 27.2 Å². The molecule has 1 aliphatic heterocycles. The first-order chi connectivity index (χ1) is 5.81. The molecule has 0 amide bonds. The van der Waals surface area contributed by atoms with Gasteiger partial charge < -0.3 is 0 Å². The Morgan fingerprint density at radius 2 is 1.42 bits per heavy atom. The summed E-state index contributed by atoms with van der Waals surface area (Å²) in [5.74, 6) is 0.